The summed E-state index contributed by atoms with van der Waals surface area (Å²) in [5.41, 5.74) is 0.664. The second kappa shape index (κ2) is 9.09. The molecule has 1 amide bonds. The van der Waals surface area contributed by atoms with Crippen LogP contribution in [-0.4, -0.2) is 58.3 Å². The summed E-state index contributed by atoms with van der Waals surface area (Å²) in [5, 5.41) is 0.994. The number of thioether (sulfide) groups is 1. The number of likely N-dealkylation sites (N-methyl/N-ethyl adjacent to an activating group) is 1. The van der Waals surface area contributed by atoms with Gasteiger partial charge in [0.15, 0.2) is 5.16 Å². The maximum absolute atomic E-state index is 13.1. The fourth-order valence-electron chi connectivity index (χ4n) is 3.64. The number of para-hydroxylation sites is 1. The predicted molar refractivity (Wildman–Crippen MR) is 114 cm³/mol. The Hall–Kier alpha value is -1.86. The SMILES string of the molecule is CC[C@H](C)n1c(S[C@H](C)C(=O)N2CC[NH+](CC)CC2)nc2ccccc2c1=O. The smallest absolute Gasteiger partial charge is 0.262 e. The summed E-state index contributed by atoms with van der Waals surface area (Å²) >= 11 is 1.41. The van der Waals surface area contributed by atoms with E-state index in [0.717, 1.165) is 39.1 Å². The number of hydrogen-bond donors (Lipinski definition) is 1. The van der Waals surface area contributed by atoms with E-state index in [0.29, 0.717) is 16.1 Å². The Labute approximate surface area is 170 Å². The number of nitrogens with zero attached hydrogens (tertiary/aromatic N) is 3. The zero-order valence-electron chi connectivity index (χ0n) is 17.3. The zero-order valence-corrected chi connectivity index (χ0v) is 18.1. The average Bonchev–Trinajstić information content (AvgIpc) is 2.73. The molecular formula is C21H31N4O2S+. The third-order valence-electron chi connectivity index (χ3n) is 5.72. The van der Waals surface area contributed by atoms with Gasteiger partial charge in [0.05, 0.1) is 48.9 Å². The molecule has 2 heterocycles. The number of quaternary nitrogens is 1. The first-order chi connectivity index (χ1) is 13.5. The van der Waals surface area contributed by atoms with Crippen molar-refractivity contribution in [3.05, 3.63) is 34.6 Å². The lowest BCUT2D eigenvalue weighted by molar-refractivity contribution is -0.902. The maximum atomic E-state index is 13.1. The van der Waals surface area contributed by atoms with Crippen LogP contribution in [0.1, 0.15) is 40.2 Å². The van der Waals surface area contributed by atoms with Crippen LogP contribution in [-0.2, 0) is 4.79 Å². The van der Waals surface area contributed by atoms with Gasteiger partial charge in [0.1, 0.15) is 0 Å². The van der Waals surface area contributed by atoms with Gasteiger partial charge < -0.3 is 9.80 Å². The van der Waals surface area contributed by atoms with Crippen LogP contribution in [0.3, 0.4) is 0 Å². The number of carbonyl (C=O) groups excluding carboxylic acids is 1. The molecule has 2 aromatic rings. The van der Waals surface area contributed by atoms with Gasteiger partial charge in [-0.2, -0.15) is 0 Å². The number of aromatic nitrogens is 2. The van der Waals surface area contributed by atoms with Crippen LogP contribution in [0.25, 0.3) is 10.9 Å². The average molecular weight is 404 g/mol. The number of nitrogens with one attached hydrogen (secondary N) is 1. The molecule has 0 bridgehead atoms. The van der Waals surface area contributed by atoms with Crippen molar-refractivity contribution >= 4 is 28.6 Å². The van der Waals surface area contributed by atoms with E-state index in [1.54, 1.807) is 9.47 Å². The van der Waals surface area contributed by atoms with Gasteiger partial charge in [-0.15, -0.1) is 0 Å². The van der Waals surface area contributed by atoms with Crippen LogP contribution in [0.2, 0.25) is 0 Å². The van der Waals surface area contributed by atoms with Crippen molar-refractivity contribution in [1.82, 2.24) is 14.5 Å². The molecule has 2 atom stereocenters. The number of carbonyl (C=O) groups is 1. The van der Waals surface area contributed by atoms with Gasteiger partial charge in [-0.3, -0.25) is 14.2 Å². The second-order valence-corrected chi connectivity index (χ2v) is 8.84. The molecule has 7 heteroatoms. The third-order valence-corrected chi connectivity index (χ3v) is 6.77. The van der Waals surface area contributed by atoms with Crippen LogP contribution in [0, 0.1) is 0 Å². The molecule has 1 aromatic heterocycles. The largest absolute Gasteiger partial charge is 0.332 e. The van der Waals surface area contributed by atoms with E-state index in [1.165, 1.54) is 11.8 Å². The van der Waals surface area contributed by atoms with E-state index in [-0.39, 0.29) is 22.8 Å². The summed E-state index contributed by atoms with van der Waals surface area (Å²) in [5.74, 6) is 0.137. The molecule has 152 valence electrons. The molecule has 0 spiro atoms. The van der Waals surface area contributed by atoms with Crippen LogP contribution in [0.15, 0.2) is 34.2 Å². The molecule has 1 aromatic carbocycles. The number of fused-ring (bicyclic) bond motifs is 1. The Morgan fingerprint density at radius 1 is 1.21 bits per heavy atom. The first kappa shape index (κ1) is 20.9. The van der Waals surface area contributed by atoms with E-state index in [2.05, 4.69) is 13.8 Å². The highest BCUT2D eigenvalue weighted by molar-refractivity contribution is 8.00. The molecule has 1 N–H and O–H groups in total. The first-order valence-corrected chi connectivity index (χ1v) is 11.1. The molecule has 1 aliphatic rings. The quantitative estimate of drug-likeness (QED) is 0.588. The van der Waals surface area contributed by atoms with E-state index < -0.39 is 0 Å². The lowest BCUT2D eigenvalue weighted by Crippen LogP contribution is -3.14. The first-order valence-electron chi connectivity index (χ1n) is 10.3. The van der Waals surface area contributed by atoms with Gasteiger partial charge in [-0.1, -0.05) is 30.8 Å². The van der Waals surface area contributed by atoms with Crippen LogP contribution in [0.5, 0.6) is 0 Å². The Morgan fingerprint density at radius 2 is 1.89 bits per heavy atom. The fraction of sp³-hybridized carbons (Fsp3) is 0.571. The summed E-state index contributed by atoms with van der Waals surface area (Å²) in [7, 11) is 0. The van der Waals surface area contributed by atoms with Gasteiger partial charge >= 0.3 is 0 Å². The highest BCUT2D eigenvalue weighted by atomic mass is 32.2. The minimum Gasteiger partial charge on any atom is -0.332 e. The maximum Gasteiger partial charge on any atom is 0.262 e. The highest BCUT2D eigenvalue weighted by Crippen LogP contribution is 2.26. The standard InChI is InChI=1S/C21H30N4O2S/c1-5-15(3)25-20(27)17-9-7-8-10-18(17)22-21(25)28-16(4)19(26)24-13-11-23(6-2)12-14-24/h7-10,15-16H,5-6,11-14H2,1-4H3/p+1/t15-,16+/m0/s1. The fourth-order valence-corrected chi connectivity index (χ4v) is 4.74. The molecule has 3 rings (SSSR count). The molecule has 0 unspecified atom stereocenters. The number of piperazine rings is 1. The Balaban J connectivity index is 1.86. The van der Waals surface area contributed by atoms with Crippen molar-refractivity contribution in [3.8, 4) is 0 Å². The Morgan fingerprint density at radius 3 is 2.54 bits per heavy atom. The Bertz CT molecular complexity index is 890. The monoisotopic (exact) mass is 403 g/mol. The lowest BCUT2D eigenvalue weighted by atomic mass is 10.2. The van der Waals surface area contributed by atoms with Gasteiger partial charge in [-0.05, 0) is 39.3 Å². The van der Waals surface area contributed by atoms with E-state index >= 15 is 0 Å². The van der Waals surface area contributed by atoms with E-state index in [1.807, 2.05) is 43.0 Å². The van der Waals surface area contributed by atoms with Crippen molar-refractivity contribution in [2.24, 2.45) is 0 Å². The van der Waals surface area contributed by atoms with Crippen molar-refractivity contribution in [1.29, 1.82) is 0 Å². The predicted octanol–water partition coefficient (Wildman–Crippen LogP) is 1.60. The summed E-state index contributed by atoms with van der Waals surface area (Å²) < 4.78 is 1.76. The third kappa shape index (κ3) is 4.25. The molecule has 0 radical (unpaired) electrons. The van der Waals surface area contributed by atoms with Crippen molar-refractivity contribution in [3.63, 3.8) is 0 Å². The van der Waals surface area contributed by atoms with Crippen molar-refractivity contribution in [2.45, 2.75) is 50.6 Å². The summed E-state index contributed by atoms with van der Waals surface area (Å²) in [6, 6.07) is 7.47. The van der Waals surface area contributed by atoms with Gasteiger partial charge in [0.25, 0.3) is 5.56 Å². The van der Waals surface area contributed by atoms with E-state index in [9.17, 15) is 9.59 Å². The molecule has 1 aliphatic heterocycles. The van der Waals surface area contributed by atoms with Gasteiger partial charge in [0.2, 0.25) is 5.91 Å². The van der Waals surface area contributed by atoms with Crippen LogP contribution in [0.4, 0.5) is 0 Å². The topological polar surface area (TPSA) is 59.6 Å². The van der Waals surface area contributed by atoms with Gasteiger partial charge in [0, 0.05) is 6.04 Å². The number of hydrogen-bond acceptors (Lipinski definition) is 4. The van der Waals surface area contributed by atoms with Gasteiger partial charge in [-0.25, -0.2) is 4.98 Å². The summed E-state index contributed by atoms with van der Waals surface area (Å²) in [4.78, 5) is 34.3. The molecule has 6 nitrogen and oxygen atoms in total. The minimum atomic E-state index is -0.272. The van der Waals surface area contributed by atoms with Crippen LogP contribution < -0.4 is 10.5 Å². The number of rotatable bonds is 6. The number of benzene rings is 1. The molecule has 1 saturated heterocycles. The van der Waals surface area contributed by atoms with Crippen molar-refractivity contribution < 1.29 is 9.69 Å². The second-order valence-electron chi connectivity index (χ2n) is 7.53. The molecule has 0 saturated carbocycles. The Kier molecular flexibility index (Phi) is 6.78. The zero-order chi connectivity index (χ0) is 20.3. The molecular weight excluding hydrogens is 372 g/mol. The minimum absolute atomic E-state index is 0.0257. The molecule has 0 aliphatic carbocycles. The lowest BCUT2D eigenvalue weighted by Gasteiger charge is -2.33. The molecule has 28 heavy (non-hydrogen) atoms. The summed E-state index contributed by atoms with van der Waals surface area (Å²) in [6.45, 7) is 12.9. The number of amides is 1. The van der Waals surface area contributed by atoms with Crippen LogP contribution >= 0.6 is 11.8 Å². The van der Waals surface area contributed by atoms with Crippen molar-refractivity contribution in [2.75, 3.05) is 32.7 Å². The summed E-state index contributed by atoms with van der Waals surface area (Å²) in [6.07, 6.45) is 0.831. The normalized spacial score (nSPS) is 17.6. The molecule has 1 fully saturated rings. The van der Waals surface area contributed by atoms with E-state index in [4.69, 9.17) is 4.98 Å². The highest BCUT2D eigenvalue weighted by Gasteiger charge is 2.28.